The molecule has 0 radical (unpaired) electrons. The van der Waals surface area contributed by atoms with Gasteiger partial charge in [-0.25, -0.2) is 0 Å². The molecule has 1 aromatic carbocycles. The number of hydrogen-bond donors (Lipinski definition) is 0. The van der Waals surface area contributed by atoms with Crippen LogP contribution in [0.25, 0.3) is 10.9 Å². The van der Waals surface area contributed by atoms with Gasteiger partial charge in [0.1, 0.15) is 0 Å². The molecule has 1 saturated heterocycles. The minimum absolute atomic E-state index is 0.642. The van der Waals surface area contributed by atoms with Crippen LogP contribution in [0.15, 0.2) is 36.5 Å². The number of hydrogen-bond acceptors (Lipinski definition) is 2. The number of piperidine rings is 1. The molecule has 2 aromatic rings. The van der Waals surface area contributed by atoms with Crippen LogP contribution in [0.1, 0.15) is 25.3 Å². The molecule has 1 aliphatic rings. The predicted octanol–water partition coefficient (Wildman–Crippen LogP) is 4.23. The van der Waals surface area contributed by atoms with Crippen LogP contribution in [0.2, 0.25) is 0 Å². The van der Waals surface area contributed by atoms with Crippen LogP contribution in [0.4, 0.5) is 0 Å². The van der Waals surface area contributed by atoms with Gasteiger partial charge in [-0.1, -0.05) is 47.1 Å². The number of aromatic nitrogens is 1. The van der Waals surface area contributed by atoms with Crippen molar-refractivity contribution < 1.29 is 0 Å². The first-order valence-electron chi connectivity index (χ1n) is 7.43. The first-order valence-corrected chi connectivity index (χ1v) is 8.34. The summed E-state index contributed by atoms with van der Waals surface area (Å²) in [5.41, 5.74) is 2.51. The quantitative estimate of drug-likeness (QED) is 0.782. The molecule has 1 aliphatic heterocycles. The van der Waals surface area contributed by atoms with Crippen LogP contribution >= 0.6 is 15.9 Å². The van der Waals surface area contributed by atoms with Gasteiger partial charge < -0.3 is 0 Å². The van der Waals surface area contributed by atoms with E-state index in [2.05, 4.69) is 57.0 Å². The van der Waals surface area contributed by atoms with E-state index in [-0.39, 0.29) is 0 Å². The fraction of sp³-hybridized carbons (Fsp3) is 0.471. The van der Waals surface area contributed by atoms with Crippen LogP contribution in [0.5, 0.6) is 0 Å². The Bertz CT molecular complexity index is 569. The SMILES string of the molecule is CC(Br)C1CCN(Cc2cccc3cccnc23)CC1. The Balaban J connectivity index is 1.72. The summed E-state index contributed by atoms with van der Waals surface area (Å²) in [7, 11) is 0. The minimum atomic E-state index is 0.642. The molecule has 0 aliphatic carbocycles. The molecule has 106 valence electrons. The molecule has 0 bridgehead atoms. The van der Waals surface area contributed by atoms with Gasteiger partial charge in [0.2, 0.25) is 0 Å². The number of benzene rings is 1. The van der Waals surface area contributed by atoms with Crippen molar-refractivity contribution in [1.82, 2.24) is 9.88 Å². The normalized spacial score (nSPS) is 19.3. The lowest BCUT2D eigenvalue weighted by molar-refractivity contribution is 0.179. The van der Waals surface area contributed by atoms with E-state index in [4.69, 9.17) is 0 Å². The summed E-state index contributed by atoms with van der Waals surface area (Å²) in [5.74, 6) is 0.830. The molecule has 1 atom stereocenters. The third-order valence-corrected chi connectivity index (χ3v) is 5.14. The zero-order chi connectivity index (χ0) is 13.9. The first-order chi connectivity index (χ1) is 9.74. The molecule has 3 rings (SSSR count). The number of pyridine rings is 1. The number of halogens is 1. The summed E-state index contributed by atoms with van der Waals surface area (Å²) in [6.07, 6.45) is 4.49. The molecule has 20 heavy (non-hydrogen) atoms. The molecular formula is C17H21BrN2. The molecule has 3 heteroatoms. The lowest BCUT2D eigenvalue weighted by Crippen LogP contribution is -2.35. The molecule has 0 saturated carbocycles. The summed E-state index contributed by atoms with van der Waals surface area (Å²) < 4.78 is 0. The standard InChI is InChI=1S/C17H21BrN2/c1-13(18)14-7-10-20(11-8-14)12-16-5-2-4-15-6-3-9-19-17(15)16/h2-6,9,13-14H,7-8,10-12H2,1H3. The van der Waals surface area contributed by atoms with E-state index >= 15 is 0 Å². The van der Waals surface area contributed by atoms with Gasteiger partial charge in [0.25, 0.3) is 0 Å². The molecule has 0 N–H and O–H groups in total. The molecule has 2 nitrogen and oxygen atoms in total. The van der Waals surface area contributed by atoms with E-state index < -0.39 is 0 Å². The van der Waals surface area contributed by atoms with E-state index in [1.54, 1.807) is 0 Å². The van der Waals surface area contributed by atoms with E-state index in [1.807, 2.05) is 12.3 Å². The second kappa shape index (κ2) is 6.23. The molecule has 0 spiro atoms. The largest absolute Gasteiger partial charge is 0.299 e. The Labute approximate surface area is 129 Å². The fourth-order valence-electron chi connectivity index (χ4n) is 3.11. The fourth-order valence-corrected chi connectivity index (χ4v) is 3.63. The number of likely N-dealkylation sites (tertiary alicyclic amines) is 1. The highest BCUT2D eigenvalue weighted by atomic mass is 79.9. The molecule has 1 fully saturated rings. The maximum atomic E-state index is 4.56. The van der Waals surface area contributed by atoms with Crippen LogP contribution in [0.3, 0.4) is 0 Å². The van der Waals surface area contributed by atoms with Crippen molar-refractivity contribution in [1.29, 1.82) is 0 Å². The van der Waals surface area contributed by atoms with Crippen LogP contribution in [-0.4, -0.2) is 27.8 Å². The van der Waals surface area contributed by atoms with Crippen molar-refractivity contribution in [2.45, 2.75) is 31.1 Å². The maximum absolute atomic E-state index is 4.56. The number of fused-ring (bicyclic) bond motifs is 1. The molecule has 1 unspecified atom stereocenters. The van der Waals surface area contributed by atoms with E-state index in [1.165, 1.54) is 36.9 Å². The van der Waals surface area contributed by atoms with Gasteiger partial charge in [0, 0.05) is 23.0 Å². The smallest absolute Gasteiger partial charge is 0.0746 e. The molecule has 0 amide bonds. The predicted molar refractivity (Wildman–Crippen MR) is 88.1 cm³/mol. The van der Waals surface area contributed by atoms with Crippen LogP contribution < -0.4 is 0 Å². The Morgan fingerprint density at radius 3 is 2.75 bits per heavy atom. The number of nitrogens with zero attached hydrogens (tertiary/aromatic N) is 2. The zero-order valence-electron chi connectivity index (χ0n) is 11.9. The number of para-hydroxylation sites is 1. The van der Waals surface area contributed by atoms with Crippen molar-refractivity contribution in [2.75, 3.05) is 13.1 Å². The Morgan fingerprint density at radius 1 is 1.25 bits per heavy atom. The average Bonchev–Trinajstić information content (AvgIpc) is 2.48. The van der Waals surface area contributed by atoms with Gasteiger partial charge in [0.05, 0.1) is 5.52 Å². The summed E-state index contributed by atoms with van der Waals surface area (Å²) in [6.45, 7) is 5.69. The van der Waals surface area contributed by atoms with Crippen molar-refractivity contribution in [2.24, 2.45) is 5.92 Å². The van der Waals surface area contributed by atoms with Gasteiger partial charge in [-0.2, -0.15) is 0 Å². The molecule has 1 aromatic heterocycles. The van der Waals surface area contributed by atoms with E-state index in [0.29, 0.717) is 4.83 Å². The summed E-state index contributed by atoms with van der Waals surface area (Å²) >= 11 is 3.73. The summed E-state index contributed by atoms with van der Waals surface area (Å²) in [5, 5.41) is 1.24. The zero-order valence-corrected chi connectivity index (χ0v) is 13.5. The summed E-state index contributed by atoms with van der Waals surface area (Å²) in [4.78, 5) is 7.76. The highest BCUT2D eigenvalue weighted by Gasteiger charge is 2.22. The second-order valence-corrected chi connectivity index (χ2v) is 7.23. The van der Waals surface area contributed by atoms with Crippen molar-refractivity contribution in [3.63, 3.8) is 0 Å². The van der Waals surface area contributed by atoms with Crippen LogP contribution in [-0.2, 0) is 6.54 Å². The van der Waals surface area contributed by atoms with E-state index in [0.717, 1.165) is 18.0 Å². The van der Waals surface area contributed by atoms with Crippen molar-refractivity contribution in [3.8, 4) is 0 Å². The highest BCUT2D eigenvalue weighted by Crippen LogP contribution is 2.26. The molecular weight excluding hydrogens is 312 g/mol. The topological polar surface area (TPSA) is 16.1 Å². The van der Waals surface area contributed by atoms with Gasteiger partial charge in [-0.15, -0.1) is 0 Å². The Hall–Kier alpha value is -0.930. The summed E-state index contributed by atoms with van der Waals surface area (Å²) in [6, 6.07) is 10.7. The lowest BCUT2D eigenvalue weighted by atomic mass is 9.94. The van der Waals surface area contributed by atoms with Crippen molar-refractivity contribution in [3.05, 3.63) is 42.1 Å². The first kappa shape index (κ1) is 14.0. The minimum Gasteiger partial charge on any atom is -0.299 e. The third kappa shape index (κ3) is 3.04. The Morgan fingerprint density at radius 2 is 2.00 bits per heavy atom. The number of alkyl halides is 1. The van der Waals surface area contributed by atoms with Gasteiger partial charge >= 0.3 is 0 Å². The van der Waals surface area contributed by atoms with Gasteiger partial charge in [0.15, 0.2) is 0 Å². The highest BCUT2D eigenvalue weighted by molar-refractivity contribution is 9.09. The monoisotopic (exact) mass is 332 g/mol. The second-order valence-electron chi connectivity index (χ2n) is 5.78. The molecule has 2 heterocycles. The van der Waals surface area contributed by atoms with Crippen molar-refractivity contribution >= 4 is 26.8 Å². The number of rotatable bonds is 3. The van der Waals surface area contributed by atoms with Gasteiger partial charge in [-0.05, 0) is 43.5 Å². The van der Waals surface area contributed by atoms with E-state index in [9.17, 15) is 0 Å². The average molecular weight is 333 g/mol. The van der Waals surface area contributed by atoms with Crippen LogP contribution in [0, 0.1) is 5.92 Å². The maximum Gasteiger partial charge on any atom is 0.0746 e. The lowest BCUT2D eigenvalue weighted by Gasteiger charge is -2.33. The third-order valence-electron chi connectivity index (χ3n) is 4.39. The Kier molecular flexibility index (Phi) is 4.37. The van der Waals surface area contributed by atoms with Gasteiger partial charge in [-0.3, -0.25) is 9.88 Å².